The molecule has 0 unspecified atom stereocenters. The van der Waals surface area contributed by atoms with Gasteiger partial charge in [-0.25, -0.2) is 4.98 Å². The van der Waals surface area contributed by atoms with Gasteiger partial charge in [0.15, 0.2) is 0 Å². The number of aryl methyl sites for hydroxylation is 7. The third-order valence-corrected chi connectivity index (χ3v) is 4.56. The van der Waals surface area contributed by atoms with E-state index in [2.05, 4.69) is 37.3 Å². The van der Waals surface area contributed by atoms with Crippen LogP contribution < -0.4 is 0 Å². The minimum Gasteiger partial charge on any atom is -0.273 e. The Balaban J connectivity index is 0.000000234. The summed E-state index contributed by atoms with van der Waals surface area (Å²) in [6.45, 7) is 9.60. The van der Waals surface area contributed by atoms with Crippen LogP contribution in [0.4, 0.5) is 13.2 Å². The highest BCUT2D eigenvalue weighted by atomic mass is 35.5. The smallest absolute Gasteiger partial charge is 0.273 e. The maximum Gasteiger partial charge on any atom is 0.417 e. The second-order valence-corrected chi connectivity index (χ2v) is 7.79. The fourth-order valence-corrected chi connectivity index (χ4v) is 2.38. The van der Waals surface area contributed by atoms with Gasteiger partial charge in [0.1, 0.15) is 12.7 Å². The van der Waals surface area contributed by atoms with Crippen molar-refractivity contribution in [2.75, 3.05) is 0 Å². The molecule has 0 aromatic carbocycles. The highest BCUT2D eigenvalue weighted by Gasteiger charge is 2.31. The van der Waals surface area contributed by atoms with Crippen molar-refractivity contribution in [2.45, 2.75) is 40.8 Å². The summed E-state index contributed by atoms with van der Waals surface area (Å²) < 4.78 is 39.5. The van der Waals surface area contributed by atoms with Crippen LogP contribution in [0.5, 0.6) is 0 Å². The van der Waals surface area contributed by atoms with Gasteiger partial charge in [-0.15, -0.1) is 0 Å². The molecule has 7 nitrogen and oxygen atoms in total. The van der Waals surface area contributed by atoms with Crippen molar-refractivity contribution >= 4 is 11.6 Å². The lowest BCUT2D eigenvalue weighted by Crippen LogP contribution is -2.05. The van der Waals surface area contributed by atoms with Crippen molar-refractivity contribution in [1.82, 2.24) is 34.5 Å². The summed E-state index contributed by atoms with van der Waals surface area (Å²) in [5.41, 5.74) is 4.17. The van der Waals surface area contributed by atoms with E-state index in [1.165, 1.54) is 17.6 Å². The minimum atomic E-state index is -4.37. The summed E-state index contributed by atoms with van der Waals surface area (Å²) in [6.07, 6.45) is 1.40. The van der Waals surface area contributed by atoms with Crippen LogP contribution in [0.3, 0.4) is 0 Å². The average Bonchev–Trinajstić information content (AvgIpc) is 3.34. The molecule has 4 aromatic rings. The standard InChI is InChI=1S/C7H5ClF3N.C7H9N.C6H10N2.C3H5N3/c1-4-6(8)2-5(3-12-4)7(9,10)11;1-6-3-4-7(2)8-5-6;1-5-4-6(2)8(3)7-5;1-6-3-4-2-5-6/h2-3H,1H3;3-5H,1-2H3;4H,1-3H3;2-3H,1H3. The predicted octanol–water partition coefficient (Wildman–Crippen LogP) is 5.61. The molecule has 0 fully saturated rings. The van der Waals surface area contributed by atoms with Crippen LogP contribution in [0.2, 0.25) is 5.02 Å². The van der Waals surface area contributed by atoms with Crippen molar-refractivity contribution in [3.63, 3.8) is 0 Å². The van der Waals surface area contributed by atoms with E-state index in [0.29, 0.717) is 5.69 Å². The first-order valence-corrected chi connectivity index (χ1v) is 10.5. The van der Waals surface area contributed by atoms with E-state index in [9.17, 15) is 13.2 Å². The van der Waals surface area contributed by atoms with E-state index in [1.807, 2.05) is 58.7 Å². The average molecular weight is 496 g/mol. The van der Waals surface area contributed by atoms with Crippen LogP contribution in [-0.4, -0.2) is 34.5 Å². The number of rotatable bonds is 0. The minimum absolute atomic E-state index is 0.0322. The zero-order valence-electron chi connectivity index (χ0n) is 20.3. The Morgan fingerprint density at radius 1 is 0.882 bits per heavy atom. The Kier molecular flexibility index (Phi) is 11.4. The van der Waals surface area contributed by atoms with Crippen LogP contribution >= 0.6 is 11.6 Å². The summed E-state index contributed by atoms with van der Waals surface area (Å²) in [4.78, 5) is 11.2. The number of aromatic nitrogens is 7. The number of halogens is 4. The molecule has 0 saturated heterocycles. The lowest BCUT2D eigenvalue weighted by molar-refractivity contribution is -0.137. The number of hydrogen-bond acceptors (Lipinski definition) is 5. The van der Waals surface area contributed by atoms with Gasteiger partial charge in [-0.2, -0.15) is 23.4 Å². The quantitative estimate of drug-likeness (QED) is 0.317. The Morgan fingerprint density at radius 2 is 1.56 bits per heavy atom. The predicted molar refractivity (Wildman–Crippen MR) is 126 cm³/mol. The van der Waals surface area contributed by atoms with Crippen molar-refractivity contribution in [3.05, 3.63) is 88.2 Å². The summed E-state index contributed by atoms with van der Waals surface area (Å²) >= 11 is 5.46. The summed E-state index contributed by atoms with van der Waals surface area (Å²) in [5, 5.41) is 7.88. The lowest BCUT2D eigenvalue weighted by atomic mass is 10.2. The van der Waals surface area contributed by atoms with Gasteiger partial charge >= 0.3 is 6.18 Å². The molecule has 34 heavy (non-hydrogen) atoms. The maximum atomic E-state index is 12.0. The third kappa shape index (κ3) is 11.0. The van der Waals surface area contributed by atoms with Crippen molar-refractivity contribution in [2.24, 2.45) is 14.1 Å². The molecule has 0 saturated carbocycles. The molecule has 4 heterocycles. The summed E-state index contributed by atoms with van der Waals surface area (Å²) in [7, 11) is 3.77. The van der Waals surface area contributed by atoms with Crippen molar-refractivity contribution in [1.29, 1.82) is 0 Å². The van der Waals surface area contributed by atoms with E-state index in [0.717, 1.165) is 23.7 Å². The lowest BCUT2D eigenvalue weighted by Gasteiger charge is -2.06. The zero-order chi connectivity index (χ0) is 25.9. The van der Waals surface area contributed by atoms with Gasteiger partial charge in [0.05, 0.1) is 22.0 Å². The van der Waals surface area contributed by atoms with Crippen LogP contribution in [0.1, 0.15) is 33.9 Å². The number of pyridine rings is 2. The molecule has 0 N–H and O–H groups in total. The first kappa shape index (κ1) is 28.8. The van der Waals surface area contributed by atoms with Gasteiger partial charge in [0.2, 0.25) is 0 Å². The Labute approximate surface area is 202 Å². The Morgan fingerprint density at radius 3 is 1.85 bits per heavy atom. The van der Waals surface area contributed by atoms with Crippen LogP contribution in [0.15, 0.2) is 49.3 Å². The molecular formula is C23H29ClF3N7. The van der Waals surface area contributed by atoms with Crippen molar-refractivity contribution < 1.29 is 13.2 Å². The molecule has 0 aliphatic heterocycles. The van der Waals surface area contributed by atoms with Crippen LogP contribution in [0.25, 0.3) is 0 Å². The monoisotopic (exact) mass is 495 g/mol. The molecule has 0 bridgehead atoms. The van der Waals surface area contributed by atoms with E-state index in [-0.39, 0.29) is 5.02 Å². The number of nitrogens with zero attached hydrogens (tertiary/aromatic N) is 7. The van der Waals surface area contributed by atoms with Gasteiger partial charge in [0, 0.05) is 37.9 Å². The molecule has 0 spiro atoms. The highest BCUT2D eigenvalue weighted by Crippen LogP contribution is 2.30. The highest BCUT2D eigenvalue weighted by molar-refractivity contribution is 6.31. The Hall–Kier alpha value is -3.27. The number of hydrogen-bond donors (Lipinski definition) is 0. The molecule has 4 rings (SSSR count). The maximum absolute atomic E-state index is 12.0. The first-order chi connectivity index (χ1) is 15.8. The van der Waals surface area contributed by atoms with E-state index in [1.54, 1.807) is 17.9 Å². The topological polar surface area (TPSA) is 74.3 Å². The van der Waals surface area contributed by atoms with Gasteiger partial charge in [-0.1, -0.05) is 17.7 Å². The van der Waals surface area contributed by atoms with Crippen LogP contribution in [-0.2, 0) is 20.3 Å². The summed E-state index contributed by atoms with van der Waals surface area (Å²) in [5.74, 6) is 0. The molecule has 184 valence electrons. The van der Waals surface area contributed by atoms with Gasteiger partial charge in [-0.05, 0) is 58.4 Å². The third-order valence-electron chi connectivity index (χ3n) is 4.18. The molecule has 0 aliphatic rings. The Bertz CT molecular complexity index is 1080. The van der Waals surface area contributed by atoms with Crippen molar-refractivity contribution in [3.8, 4) is 0 Å². The fraction of sp³-hybridized carbons (Fsp3) is 0.348. The van der Waals surface area contributed by atoms with E-state index >= 15 is 0 Å². The van der Waals surface area contributed by atoms with Gasteiger partial charge < -0.3 is 0 Å². The van der Waals surface area contributed by atoms with Crippen LogP contribution in [0, 0.1) is 34.6 Å². The molecule has 0 radical (unpaired) electrons. The second-order valence-electron chi connectivity index (χ2n) is 7.39. The SMILES string of the molecule is Cc1cc(C)n(C)n1.Cc1ccc(C)nc1.Cc1ncc(C(F)(F)F)cc1Cl.Cn1cncn1. The molecule has 0 aliphatic carbocycles. The molecule has 0 atom stereocenters. The number of alkyl halides is 3. The summed E-state index contributed by atoms with van der Waals surface area (Å²) in [6, 6.07) is 6.99. The zero-order valence-corrected chi connectivity index (χ0v) is 21.0. The largest absolute Gasteiger partial charge is 0.417 e. The fourth-order valence-electron chi connectivity index (χ4n) is 2.21. The van der Waals surface area contributed by atoms with Gasteiger partial charge in [0.25, 0.3) is 0 Å². The van der Waals surface area contributed by atoms with E-state index in [4.69, 9.17) is 11.6 Å². The molecule has 0 amide bonds. The normalized spacial score (nSPS) is 10.2. The molecule has 11 heteroatoms. The van der Waals surface area contributed by atoms with E-state index < -0.39 is 11.7 Å². The second kappa shape index (κ2) is 13.4. The first-order valence-electron chi connectivity index (χ1n) is 10.1. The molecular weight excluding hydrogens is 467 g/mol. The molecule has 4 aromatic heterocycles. The van der Waals surface area contributed by atoms with Gasteiger partial charge in [-0.3, -0.25) is 19.3 Å².